The number of hydrogen-bond donors (Lipinski definition) is 2. The maximum atomic E-state index is 11.3. The molecule has 0 bridgehead atoms. The average molecular weight is 216 g/mol. The SMILES string of the molecule is CCCC[C@H](C)OC(=O)CNCCCN. The fourth-order valence-electron chi connectivity index (χ4n) is 1.23. The maximum Gasteiger partial charge on any atom is 0.320 e. The van der Waals surface area contributed by atoms with Gasteiger partial charge in [0.1, 0.15) is 0 Å². The molecule has 0 aromatic heterocycles. The molecule has 4 nitrogen and oxygen atoms in total. The van der Waals surface area contributed by atoms with Crippen molar-refractivity contribution in [2.45, 2.75) is 45.6 Å². The van der Waals surface area contributed by atoms with E-state index in [0.29, 0.717) is 6.54 Å². The van der Waals surface area contributed by atoms with Gasteiger partial charge in [-0.25, -0.2) is 0 Å². The Morgan fingerprint density at radius 2 is 2.20 bits per heavy atom. The van der Waals surface area contributed by atoms with Crippen molar-refractivity contribution < 1.29 is 9.53 Å². The minimum Gasteiger partial charge on any atom is -0.462 e. The molecule has 0 aliphatic rings. The van der Waals surface area contributed by atoms with E-state index < -0.39 is 0 Å². The minimum atomic E-state index is -0.171. The van der Waals surface area contributed by atoms with Crippen molar-refractivity contribution in [3.8, 4) is 0 Å². The molecule has 3 N–H and O–H groups in total. The summed E-state index contributed by atoms with van der Waals surface area (Å²) in [4.78, 5) is 11.3. The third-order valence-electron chi connectivity index (χ3n) is 2.12. The summed E-state index contributed by atoms with van der Waals surface area (Å²) in [6.07, 6.45) is 4.11. The van der Waals surface area contributed by atoms with Crippen LogP contribution in [0.3, 0.4) is 0 Å². The fraction of sp³-hybridized carbons (Fsp3) is 0.909. The molecule has 0 radical (unpaired) electrons. The summed E-state index contributed by atoms with van der Waals surface area (Å²) in [5, 5.41) is 2.99. The molecule has 0 aromatic rings. The number of carbonyl (C=O) groups excluding carboxylic acids is 1. The zero-order valence-electron chi connectivity index (χ0n) is 9.92. The van der Waals surface area contributed by atoms with Crippen LogP contribution in [-0.2, 0) is 9.53 Å². The number of nitrogens with one attached hydrogen (secondary N) is 1. The van der Waals surface area contributed by atoms with Crippen LogP contribution in [0.2, 0.25) is 0 Å². The lowest BCUT2D eigenvalue weighted by Crippen LogP contribution is -2.28. The van der Waals surface area contributed by atoms with E-state index in [1.54, 1.807) is 0 Å². The summed E-state index contributed by atoms with van der Waals surface area (Å²) in [6.45, 7) is 5.77. The number of carbonyl (C=O) groups is 1. The molecule has 0 rings (SSSR count). The van der Waals surface area contributed by atoms with Crippen molar-refractivity contribution in [2.75, 3.05) is 19.6 Å². The lowest BCUT2D eigenvalue weighted by molar-refractivity contribution is -0.147. The Morgan fingerprint density at radius 3 is 2.80 bits per heavy atom. The number of nitrogens with two attached hydrogens (primary N) is 1. The molecular weight excluding hydrogens is 192 g/mol. The van der Waals surface area contributed by atoms with Crippen LogP contribution in [0, 0.1) is 0 Å². The van der Waals surface area contributed by atoms with Crippen LogP contribution in [0.1, 0.15) is 39.5 Å². The van der Waals surface area contributed by atoms with Crippen molar-refractivity contribution >= 4 is 5.97 Å². The molecule has 0 aliphatic heterocycles. The number of hydrogen-bond acceptors (Lipinski definition) is 4. The Balaban J connectivity index is 3.38. The van der Waals surface area contributed by atoms with Gasteiger partial charge in [0.2, 0.25) is 0 Å². The van der Waals surface area contributed by atoms with Crippen molar-refractivity contribution in [2.24, 2.45) is 5.73 Å². The van der Waals surface area contributed by atoms with Crippen molar-refractivity contribution in [3.63, 3.8) is 0 Å². The first kappa shape index (κ1) is 14.4. The average Bonchev–Trinajstić information content (AvgIpc) is 2.21. The third kappa shape index (κ3) is 9.69. The number of esters is 1. The Labute approximate surface area is 92.6 Å². The highest BCUT2D eigenvalue weighted by Crippen LogP contribution is 2.03. The predicted octanol–water partition coefficient (Wildman–Crippen LogP) is 1.05. The standard InChI is InChI=1S/C11H24N2O2/c1-3-4-6-10(2)15-11(14)9-13-8-5-7-12/h10,13H,3-9,12H2,1-2H3/t10-/m0/s1. The zero-order valence-corrected chi connectivity index (χ0v) is 9.92. The Bertz CT molecular complexity index is 163. The monoisotopic (exact) mass is 216 g/mol. The fourth-order valence-corrected chi connectivity index (χ4v) is 1.23. The molecule has 0 spiro atoms. The first-order valence-corrected chi connectivity index (χ1v) is 5.81. The minimum absolute atomic E-state index is 0.0359. The van der Waals surface area contributed by atoms with Crippen LogP contribution >= 0.6 is 0 Å². The van der Waals surface area contributed by atoms with Gasteiger partial charge in [-0.1, -0.05) is 19.8 Å². The maximum absolute atomic E-state index is 11.3. The van der Waals surface area contributed by atoms with Crippen molar-refractivity contribution in [1.82, 2.24) is 5.32 Å². The molecule has 0 amide bonds. The van der Waals surface area contributed by atoms with Gasteiger partial charge >= 0.3 is 5.97 Å². The quantitative estimate of drug-likeness (QED) is 0.446. The molecule has 0 aromatic carbocycles. The molecule has 1 atom stereocenters. The molecule has 15 heavy (non-hydrogen) atoms. The van der Waals surface area contributed by atoms with Crippen LogP contribution in [0.15, 0.2) is 0 Å². The van der Waals surface area contributed by atoms with E-state index in [2.05, 4.69) is 12.2 Å². The van der Waals surface area contributed by atoms with E-state index in [1.165, 1.54) is 0 Å². The van der Waals surface area contributed by atoms with E-state index in [1.807, 2.05) is 6.92 Å². The van der Waals surface area contributed by atoms with Crippen LogP contribution < -0.4 is 11.1 Å². The van der Waals surface area contributed by atoms with E-state index in [9.17, 15) is 4.79 Å². The summed E-state index contributed by atoms with van der Waals surface area (Å²) in [6, 6.07) is 0. The molecule has 0 saturated heterocycles. The number of ether oxygens (including phenoxy) is 1. The van der Waals surface area contributed by atoms with E-state index in [4.69, 9.17) is 10.5 Å². The summed E-state index contributed by atoms with van der Waals surface area (Å²) in [7, 11) is 0. The Kier molecular flexibility index (Phi) is 9.52. The number of rotatable bonds is 9. The topological polar surface area (TPSA) is 64.3 Å². The molecule has 0 fully saturated rings. The van der Waals surface area contributed by atoms with Crippen LogP contribution in [0.5, 0.6) is 0 Å². The zero-order chi connectivity index (χ0) is 11.5. The summed E-state index contributed by atoms with van der Waals surface area (Å²) >= 11 is 0. The first-order chi connectivity index (χ1) is 7.20. The van der Waals surface area contributed by atoms with Gasteiger partial charge < -0.3 is 15.8 Å². The second-order valence-electron chi connectivity index (χ2n) is 3.76. The molecule has 0 aliphatic carbocycles. The summed E-state index contributed by atoms with van der Waals surface area (Å²) < 4.78 is 5.20. The molecule has 4 heteroatoms. The van der Waals surface area contributed by atoms with Gasteiger partial charge in [0, 0.05) is 0 Å². The van der Waals surface area contributed by atoms with Gasteiger partial charge in [0.25, 0.3) is 0 Å². The van der Waals surface area contributed by atoms with Gasteiger partial charge in [-0.05, 0) is 32.9 Å². The van der Waals surface area contributed by atoms with Crippen LogP contribution in [0.25, 0.3) is 0 Å². The Morgan fingerprint density at radius 1 is 1.47 bits per heavy atom. The molecule has 0 heterocycles. The predicted molar refractivity (Wildman–Crippen MR) is 61.6 cm³/mol. The smallest absolute Gasteiger partial charge is 0.320 e. The third-order valence-corrected chi connectivity index (χ3v) is 2.12. The summed E-state index contributed by atoms with van der Waals surface area (Å²) in [5.74, 6) is -0.171. The second kappa shape index (κ2) is 9.93. The lowest BCUT2D eigenvalue weighted by Gasteiger charge is -2.12. The van der Waals surface area contributed by atoms with Crippen LogP contribution in [-0.4, -0.2) is 31.7 Å². The highest BCUT2D eigenvalue weighted by molar-refractivity contribution is 5.71. The highest BCUT2D eigenvalue weighted by Gasteiger charge is 2.07. The largest absolute Gasteiger partial charge is 0.462 e. The van der Waals surface area contributed by atoms with E-state index >= 15 is 0 Å². The molecule has 0 unspecified atom stereocenters. The Hall–Kier alpha value is -0.610. The second-order valence-corrected chi connectivity index (χ2v) is 3.76. The number of unbranched alkanes of at least 4 members (excludes halogenated alkanes) is 1. The van der Waals surface area contributed by atoms with Gasteiger partial charge in [0.15, 0.2) is 0 Å². The van der Waals surface area contributed by atoms with Gasteiger partial charge in [-0.3, -0.25) is 4.79 Å². The van der Waals surface area contributed by atoms with Gasteiger partial charge in [-0.15, -0.1) is 0 Å². The normalized spacial score (nSPS) is 12.5. The lowest BCUT2D eigenvalue weighted by atomic mass is 10.2. The van der Waals surface area contributed by atoms with Gasteiger partial charge in [0.05, 0.1) is 12.6 Å². The molecule has 0 saturated carbocycles. The van der Waals surface area contributed by atoms with Crippen molar-refractivity contribution in [3.05, 3.63) is 0 Å². The van der Waals surface area contributed by atoms with Crippen molar-refractivity contribution in [1.29, 1.82) is 0 Å². The first-order valence-electron chi connectivity index (χ1n) is 5.81. The molecular formula is C11H24N2O2. The van der Waals surface area contributed by atoms with Crippen LogP contribution in [0.4, 0.5) is 0 Å². The van der Waals surface area contributed by atoms with E-state index in [-0.39, 0.29) is 18.6 Å². The summed E-state index contributed by atoms with van der Waals surface area (Å²) in [5.41, 5.74) is 5.32. The molecule has 90 valence electrons. The van der Waals surface area contributed by atoms with E-state index in [0.717, 1.165) is 32.2 Å². The highest BCUT2D eigenvalue weighted by atomic mass is 16.5. The van der Waals surface area contributed by atoms with Gasteiger partial charge in [-0.2, -0.15) is 0 Å².